The molecule has 0 spiro atoms. The van der Waals surface area contributed by atoms with Gasteiger partial charge in [-0.2, -0.15) is 0 Å². The molecule has 22 heteroatoms. The second kappa shape index (κ2) is 19.0. The number of benzene rings is 2. The lowest BCUT2D eigenvalue weighted by molar-refractivity contribution is -0.357. The fourth-order valence-electron chi connectivity index (χ4n) is 7.15. The molecular formula is C39H50O22. The summed E-state index contributed by atoms with van der Waals surface area (Å²) in [6.07, 6.45) is -24.0. The van der Waals surface area contributed by atoms with Gasteiger partial charge in [0.05, 0.1) is 26.9 Å². The molecule has 22 nitrogen and oxygen atoms in total. The SMILES string of the molecule is COc1c(-c2cc(O)c(O[C@@H]3O[C@H](CO)[C@@H](O)[C@H](O)[C@H]3O)c(CC=C(C)C)c2)oc2cc(O[C@@H]3O[C@H](CO)[C@@H](O)[C@H](O)[C@H]3O[C@@H]3O[C@H](CO)[C@@H](O)[C@H](O)[C@H]3O)cc(O)c2c1=O. The highest BCUT2D eigenvalue weighted by atomic mass is 16.8. The fraction of sp³-hybridized carbons (Fsp3) is 0.564. The van der Waals surface area contributed by atoms with Gasteiger partial charge in [0.2, 0.25) is 23.8 Å². The van der Waals surface area contributed by atoms with Crippen molar-refractivity contribution in [1.29, 1.82) is 0 Å². The minimum Gasteiger partial charge on any atom is -0.507 e. The molecule has 15 atom stereocenters. The Labute approximate surface area is 345 Å². The largest absolute Gasteiger partial charge is 0.507 e. The van der Waals surface area contributed by atoms with Gasteiger partial charge in [0.1, 0.15) is 89.6 Å². The Morgan fingerprint density at radius 1 is 0.656 bits per heavy atom. The molecule has 4 heterocycles. The van der Waals surface area contributed by atoms with Crippen molar-refractivity contribution in [3.05, 3.63) is 51.7 Å². The van der Waals surface area contributed by atoms with Gasteiger partial charge >= 0.3 is 0 Å². The van der Waals surface area contributed by atoms with E-state index in [-0.39, 0.29) is 40.4 Å². The van der Waals surface area contributed by atoms with E-state index >= 15 is 0 Å². The maximum atomic E-state index is 13.9. The lowest BCUT2D eigenvalue weighted by atomic mass is 9.97. The summed E-state index contributed by atoms with van der Waals surface area (Å²) in [5.41, 5.74) is -0.103. The Bertz CT molecular complexity index is 2080. The molecule has 13 N–H and O–H groups in total. The maximum absolute atomic E-state index is 13.9. The van der Waals surface area contributed by atoms with Crippen LogP contribution in [0.2, 0.25) is 0 Å². The van der Waals surface area contributed by atoms with Gasteiger partial charge in [-0.15, -0.1) is 0 Å². The number of allylic oxidation sites excluding steroid dienone is 2. The summed E-state index contributed by atoms with van der Waals surface area (Å²) in [4.78, 5) is 13.9. The molecule has 1 aromatic heterocycles. The van der Waals surface area contributed by atoms with Crippen molar-refractivity contribution in [3.63, 3.8) is 0 Å². The van der Waals surface area contributed by atoms with E-state index in [0.29, 0.717) is 0 Å². The molecule has 3 aromatic rings. The van der Waals surface area contributed by atoms with Gasteiger partial charge in [-0.1, -0.05) is 11.6 Å². The topological polar surface area (TPSA) is 358 Å². The quantitative estimate of drug-likeness (QED) is 0.0744. The third-order valence-electron chi connectivity index (χ3n) is 10.5. The molecule has 338 valence electrons. The molecule has 3 aliphatic rings. The van der Waals surface area contributed by atoms with Gasteiger partial charge in [0.25, 0.3) is 0 Å². The van der Waals surface area contributed by atoms with Gasteiger partial charge in [-0.25, -0.2) is 0 Å². The van der Waals surface area contributed by atoms with E-state index in [1.54, 1.807) is 19.9 Å². The van der Waals surface area contributed by atoms with Crippen LogP contribution < -0.4 is 19.6 Å². The normalized spacial score (nSPS) is 34.2. The zero-order chi connectivity index (χ0) is 44.6. The molecule has 0 amide bonds. The van der Waals surface area contributed by atoms with Crippen LogP contribution in [0, 0.1) is 0 Å². The number of phenolic OH excluding ortho intramolecular Hbond substituents is 2. The van der Waals surface area contributed by atoms with Crippen LogP contribution >= 0.6 is 0 Å². The highest BCUT2D eigenvalue weighted by molar-refractivity contribution is 5.88. The fourth-order valence-corrected chi connectivity index (χ4v) is 7.15. The Balaban J connectivity index is 1.39. The number of phenols is 2. The van der Waals surface area contributed by atoms with Crippen LogP contribution in [0.1, 0.15) is 19.4 Å². The lowest BCUT2D eigenvalue weighted by Gasteiger charge is -2.45. The molecule has 3 saturated heterocycles. The number of ether oxygens (including phenoxy) is 7. The first-order valence-corrected chi connectivity index (χ1v) is 19.0. The summed E-state index contributed by atoms with van der Waals surface area (Å²) in [5, 5.41) is 135. The first-order chi connectivity index (χ1) is 28.9. The second-order valence-corrected chi connectivity index (χ2v) is 15.0. The summed E-state index contributed by atoms with van der Waals surface area (Å²) >= 11 is 0. The summed E-state index contributed by atoms with van der Waals surface area (Å²) in [6, 6.07) is 4.66. The van der Waals surface area contributed by atoms with E-state index in [0.717, 1.165) is 30.9 Å². The standard InChI is InChI=1S/C39H50O22/c1-13(2)4-5-14-6-15(7-18(44)33(14)60-37-31(52)28(49)24(45)20(10-40)57-37)34-35(54-3)27(48)23-17(43)8-16(9-19(23)56-34)55-39-36(30(51)26(47)22(12-42)59-39)61-38-32(53)29(50)25(46)21(11-41)58-38/h4,6-9,20-22,24-26,28-32,36-47,49-53H,5,10-12H2,1-3H3/t20-,21-,22-,24-,25-,26-,28+,29+,30+,31-,32-,36-,37+,38+,39-/m1/s1. The molecule has 0 bridgehead atoms. The summed E-state index contributed by atoms with van der Waals surface area (Å²) in [6.45, 7) is 1.22. The zero-order valence-corrected chi connectivity index (χ0v) is 32.9. The molecule has 3 aliphatic heterocycles. The number of methoxy groups -OCH3 is 1. The minimum absolute atomic E-state index is 0.0315. The number of fused-ring (bicyclic) bond motifs is 1. The molecule has 3 fully saturated rings. The van der Waals surface area contributed by atoms with Gasteiger partial charge < -0.3 is 104 Å². The van der Waals surface area contributed by atoms with Crippen LogP contribution in [0.15, 0.2) is 45.1 Å². The van der Waals surface area contributed by atoms with Crippen LogP contribution in [0.25, 0.3) is 22.3 Å². The van der Waals surface area contributed by atoms with E-state index in [1.807, 2.05) is 0 Å². The summed E-state index contributed by atoms with van der Waals surface area (Å²) in [5.74, 6) is -2.52. The van der Waals surface area contributed by atoms with Gasteiger partial charge in [0.15, 0.2) is 29.7 Å². The van der Waals surface area contributed by atoms with Gasteiger partial charge in [0, 0.05) is 23.3 Å². The van der Waals surface area contributed by atoms with Crippen LogP contribution in [0.3, 0.4) is 0 Å². The van der Waals surface area contributed by atoms with Gasteiger partial charge in [-0.3, -0.25) is 4.79 Å². The average Bonchev–Trinajstić information content (AvgIpc) is 3.22. The molecule has 0 radical (unpaired) electrons. The summed E-state index contributed by atoms with van der Waals surface area (Å²) < 4.78 is 45.5. The Morgan fingerprint density at radius 2 is 1.21 bits per heavy atom. The highest BCUT2D eigenvalue weighted by Gasteiger charge is 2.51. The van der Waals surface area contributed by atoms with E-state index in [4.69, 9.17) is 37.6 Å². The maximum Gasteiger partial charge on any atom is 0.239 e. The molecule has 61 heavy (non-hydrogen) atoms. The van der Waals surface area contributed by atoms with E-state index in [1.165, 1.54) is 6.07 Å². The highest BCUT2D eigenvalue weighted by Crippen LogP contribution is 2.43. The molecular weight excluding hydrogens is 820 g/mol. The molecule has 0 saturated carbocycles. The van der Waals surface area contributed by atoms with Crippen LogP contribution in [-0.2, 0) is 25.4 Å². The van der Waals surface area contributed by atoms with E-state index in [9.17, 15) is 71.2 Å². The van der Waals surface area contributed by atoms with Crippen LogP contribution in [0.4, 0.5) is 0 Å². The number of rotatable bonds is 13. The van der Waals surface area contributed by atoms with Crippen molar-refractivity contribution < 1.29 is 104 Å². The van der Waals surface area contributed by atoms with Crippen molar-refractivity contribution in [1.82, 2.24) is 0 Å². The monoisotopic (exact) mass is 870 g/mol. The molecule has 0 unspecified atom stereocenters. The Morgan fingerprint density at radius 3 is 1.79 bits per heavy atom. The second-order valence-electron chi connectivity index (χ2n) is 15.0. The minimum atomic E-state index is -1.94. The van der Waals surface area contributed by atoms with Crippen LogP contribution in [-0.4, -0.2) is 185 Å². The predicted octanol–water partition coefficient (Wildman–Crippen LogP) is -3.43. The van der Waals surface area contributed by atoms with Crippen molar-refractivity contribution in [3.8, 4) is 40.1 Å². The predicted molar refractivity (Wildman–Crippen MR) is 202 cm³/mol. The third kappa shape index (κ3) is 9.15. The molecule has 2 aromatic carbocycles. The smallest absolute Gasteiger partial charge is 0.239 e. The van der Waals surface area contributed by atoms with Crippen molar-refractivity contribution >= 4 is 11.0 Å². The van der Waals surface area contributed by atoms with Crippen LogP contribution in [0.5, 0.6) is 28.7 Å². The number of hydrogen-bond donors (Lipinski definition) is 13. The first-order valence-electron chi connectivity index (χ1n) is 19.0. The van der Waals surface area contributed by atoms with Gasteiger partial charge in [-0.05, 0) is 32.4 Å². The average molecular weight is 871 g/mol. The Kier molecular flexibility index (Phi) is 14.4. The van der Waals surface area contributed by atoms with Crippen molar-refractivity contribution in [2.75, 3.05) is 26.9 Å². The number of aliphatic hydroxyl groups is 11. The number of aliphatic hydroxyl groups excluding tert-OH is 11. The third-order valence-corrected chi connectivity index (χ3v) is 10.5. The Hall–Kier alpha value is -4.21. The zero-order valence-electron chi connectivity index (χ0n) is 32.9. The number of aromatic hydroxyl groups is 2. The number of hydrogen-bond acceptors (Lipinski definition) is 22. The van der Waals surface area contributed by atoms with E-state index in [2.05, 4.69) is 0 Å². The van der Waals surface area contributed by atoms with Crippen molar-refractivity contribution in [2.24, 2.45) is 0 Å². The first kappa shape index (κ1) is 46.3. The molecule has 0 aliphatic carbocycles. The van der Waals surface area contributed by atoms with Crippen molar-refractivity contribution in [2.45, 2.75) is 112 Å². The van der Waals surface area contributed by atoms with E-state index < -0.39 is 140 Å². The summed E-state index contributed by atoms with van der Waals surface area (Å²) in [7, 11) is 1.16. The lowest BCUT2D eigenvalue weighted by Crippen LogP contribution is -2.65. The molecule has 6 rings (SSSR count).